The predicted molar refractivity (Wildman–Crippen MR) is 111 cm³/mol. The van der Waals surface area contributed by atoms with Gasteiger partial charge in [0, 0.05) is 31.7 Å². The van der Waals surface area contributed by atoms with Gasteiger partial charge in [0.15, 0.2) is 5.78 Å². The van der Waals surface area contributed by atoms with Gasteiger partial charge in [-0.15, -0.1) is 0 Å². The van der Waals surface area contributed by atoms with Crippen LogP contribution < -0.4 is 5.32 Å². The summed E-state index contributed by atoms with van der Waals surface area (Å²) in [4.78, 5) is 26.3. The molecule has 0 aromatic heterocycles. The van der Waals surface area contributed by atoms with E-state index in [9.17, 15) is 18.0 Å². The molecule has 1 aliphatic heterocycles. The number of sulfonamides is 1. The lowest BCUT2D eigenvalue weighted by atomic mass is 10.1. The number of rotatable bonds is 6. The Morgan fingerprint density at radius 2 is 1.59 bits per heavy atom. The Labute approximate surface area is 171 Å². The standard InChI is InChI=1S/C21H25N3O4S/c1-16-7-9-18(10-8-16)29(27,28)24-13-11-23(12-14-24)15-21(26)22-20-6-4-3-5-19(20)17(2)25/h3-10H,11-15H2,1-2H3,(H,22,26). The number of aryl methyl sites for hydroxylation is 1. The van der Waals surface area contributed by atoms with Crippen molar-refractivity contribution in [2.45, 2.75) is 18.7 Å². The molecule has 7 nitrogen and oxygen atoms in total. The van der Waals surface area contributed by atoms with E-state index in [1.54, 1.807) is 48.5 Å². The minimum Gasteiger partial charge on any atom is -0.324 e. The van der Waals surface area contributed by atoms with Crippen LogP contribution in [0.3, 0.4) is 0 Å². The molecule has 8 heteroatoms. The van der Waals surface area contributed by atoms with Gasteiger partial charge in [-0.3, -0.25) is 14.5 Å². The number of carbonyl (C=O) groups excluding carboxylic acids is 2. The Bertz CT molecular complexity index is 995. The molecule has 0 atom stereocenters. The Morgan fingerprint density at radius 3 is 2.21 bits per heavy atom. The average Bonchev–Trinajstić information content (AvgIpc) is 2.69. The molecule has 2 aromatic carbocycles. The maximum absolute atomic E-state index is 12.8. The van der Waals surface area contributed by atoms with E-state index in [1.165, 1.54) is 11.2 Å². The first-order valence-electron chi connectivity index (χ1n) is 9.46. The first kappa shape index (κ1) is 21.2. The summed E-state index contributed by atoms with van der Waals surface area (Å²) in [5, 5.41) is 2.78. The maximum atomic E-state index is 12.8. The van der Waals surface area contributed by atoms with Crippen LogP contribution in [0.25, 0.3) is 0 Å². The Balaban J connectivity index is 1.57. The summed E-state index contributed by atoms with van der Waals surface area (Å²) in [6.45, 7) is 5.10. The van der Waals surface area contributed by atoms with Crippen molar-refractivity contribution in [3.05, 3.63) is 59.7 Å². The summed E-state index contributed by atoms with van der Waals surface area (Å²) in [6.07, 6.45) is 0. The molecule has 1 fully saturated rings. The van der Waals surface area contributed by atoms with E-state index in [0.717, 1.165) is 5.56 Å². The summed E-state index contributed by atoms with van der Waals surface area (Å²) in [5.41, 5.74) is 1.96. The van der Waals surface area contributed by atoms with Gasteiger partial charge in [-0.25, -0.2) is 8.42 Å². The van der Waals surface area contributed by atoms with Gasteiger partial charge >= 0.3 is 0 Å². The van der Waals surface area contributed by atoms with Crippen LogP contribution >= 0.6 is 0 Å². The second-order valence-corrected chi connectivity index (χ2v) is 9.08. The number of ketones is 1. The second-order valence-electron chi connectivity index (χ2n) is 7.14. The normalized spacial score (nSPS) is 15.8. The van der Waals surface area contributed by atoms with E-state index >= 15 is 0 Å². The number of nitrogens with one attached hydrogen (secondary N) is 1. The molecule has 0 unspecified atom stereocenters. The topological polar surface area (TPSA) is 86.8 Å². The van der Waals surface area contributed by atoms with Crippen LogP contribution in [0.1, 0.15) is 22.8 Å². The smallest absolute Gasteiger partial charge is 0.243 e. The molecule has 1 N–H and O–H groups in total. The molecule has 1 amide bonds. The Hall–Kier alpha value is -2.55. The molecule has 0 saturated carbocycles. The van der Waals surface area contributed by atoms with Crippen molar-refractivity contribution in [1.82, 2.24) is 9.21 Å². The maximum Gasteiger partial charge on any atom is 0.243 e. The fourth-order valence-electron chi connectivity index (χ4n) is 3.28. The Kier molecular flexibility index (Phi) is 6.46. The van der Waals surface area contributed by atoms with Crippen molar-refractivity contribution in [2.24, 2.45) is 0 Å². The van der Waals surface area contributed by atoms with Crippen LogP contribution in [-0.4, -0.2) is 62.0 Å². The van der Waals surface area contributed by atoms with Gasteiger partial charge in [0.1, 0.15) is 0 Å². The number of hydrogen-bond acceptors (Lipinski definition) is 5. The molecule has 0 spiro atoms. The first-order valence-corrected chi connectivity index (χ1v) is 10.9. The van der Waals surface area contributed by atoms with Gasteiger partial charge in [0.05, 0.1) is 17.1 Å². The molecule has 1 heterocycles. The van der Waals surface area contributed by atoms with Crippen molar-refractivity contribution in [2.75, 3.05) is 38.0 Å². The number of amides is 1. The highest BCUT2D eigenvalue weighted by Gasteiger charge is 2.29. The van der Waals surface area contributed by atoms with Crippen molar-refractivity contribution in [3.8, 4) is 0 Å². The van der Waals surface area contributed by atoms with Crippen molar-refractivity contribution in [3.63, 3.8) is 0 Å². The molecule has 3 rings (SSSR count). The predicted octanol–water partition coefficient (Wildman–Crippen LogP) is 2.14. The van der Waals surface area contributed by atoms with E-state index in [2.05, 4.69) is 5.32 Å². The van der Waals surface area contributed by atoms with Gasteiger partial charge in [0.25, 0.3) is 0 Å². The highest BCUT2D eigenvalue weighted by molar-refractivity contribution is 7.89. The van der Waals surface area contributed by atoms with Crippen LogP contribution in [0.2, 0.25) is 0 Å². The number of anilines is 1. The summed E-state index contributed by atoms with van der Waals surface area (Å²) in [5.74, 6) is -0.343. The zero-order valence-electron chi connectivity index (χ0n) is 16.6. The van der Waals surface area contributed by atoms with Crippen molar-refractivity contribution >= 4 is 27.4 Å². The van der Waals surface area contributed by atoms with Crippen molar-refractivity contribution < 1.29 is 18.0 Å². The minimum absolute atomic E-state index is 0.115. The van der Waals surface area contributed by atoms with E-state index in [1.807, 2.05) is 11.8 Å². The lowest BCUT2D eigenvalue weighted by molar-refractivity contribution is -0.117. The SMILES string of the molecule is CC(=O)c1ccccc1NC(=O)CN1CCN(S(=O)(=O)c2ccc(C)cc2)CC1. The van der Waals surface area contributed by atoms with Crippen molar-refractivity contribution in [1.29, 1.82) is 0 Å². The van der Waals surface area contributed by atoms with E-state index in [4.69, 9.17) is 0 Å². The highest BCUT2D eigenvalue weighted by Crippen LogP contribution is 2.19. The zero-order chi connectivity index (χ0) is 21.0. The third-order valence-corrected chi connectivity index (χ3v) is 6.85. The van der Waals surface area contributed by atoms with Gasteiger partial charge in [-0.1, -0.05) is 29.8 Å². The number of piperazine rings is 1. The third-order valence-electron chi connectivity index (χ3n) is 4.94. The molecule has 1 aliphatic rings. The van der Waals surface area contributed by atoms with E-state index in [-0.39, 0.29) is 23.1 Å². The number of carbonyl (C=O) groups is 2. The summed E-state index contributed by atoms with van der Waals surface area (Å²) in [7, 11) is -3.53. The van der Waals surface area contributed by atoms with Gasteiger partial charge in [-0.2, -0.15) is 4.31 Å². The molecular formula is C21H25N3O4S. The Morgan fingerprint density at radius 1 is 0.966 bits per heavy atom. The van der Waals surface area contributed by atoms with Crippen LogP contribution in [0.5, 0.6) is 0 Å². The number of nitrogens with zero attached hydrogens (tertiary/aromatic N) is 2. The van der Waals surface area contributed by atoms with Gasteiger partial charge < -0.3 is 5.32 Å². The summed E-state index contributed by atoms with van der Waals surface area (Å²) in [6, 6.07) is 13.7. The van der Waals surface area contributed by atoms with E-state index < -0.39 is 10.0 Å². The quantitative estimate of drug-likeness (QED) is 0.731. The molecule has 154 valence electrons. The lowest BCUT2D eigenvalue weighted by Gasteiger charge is -2.33. The second kappa shape index (κ2) is 8.86. The lowest BCUT2D eigenvalue weighted by Crippen LogP contribution is -2.50. The number of para-hydroxylation sites is 1. The zero-order valence-corrected chi connectivity index (χ0v) is 17.4. The molecule has 0 bridgehead atoms. The van der Waals surface area contributed by atoms with E-state index in [0.29, 0.717) is 37.4 Å². The monoisotopic (exact) mass is 415 g/mol. The van der Waals surface area contributed by atoms with Crippen LogP contribution in [0.15, 0.2) is 53.4 Å². The van der Waals surface area contributed by atoms with Gasteiger partial charge in [0.2, 0.25) is 15.9 Å². The number of Topliss-reactive ketones (excluding diaryl/α,β-unsaturated/α-hetero) is 1. The fourth-order valence-corrected chi connectivity index (χ4v) is 4.70. The van der Waals surface area contributed by atoms with Crippen LogP contribution in [0.4, 0.5) is 5.69 Å². The molecule has 2 aromatic rings. The minimum atomic E-state index is -3.53. The largest absolute Gasteiger partial charge is 0.324 e. The van der Waals surface area contributed by atoms with Gasteiger partial charge in [-0.05, 0) is 38.1 Å². The highest BCUT2D eigenvalue weighted by atomic mass is 32.2. The fraction of sp³-hybridized carbons (Fsp3) is 0.333. The number of benzene rings is 2. The molecular weight excluding hydrogens is 390 g/mol. The average molecular weight is 416 g/mol. The molecule has 0 radical (unpaired) electrons. The summed E-state index contributed by atoms with van der Waals surface area (Å²) < 4.78 is 27.0. The summed E-state index contributed by atoms with van der Waals surface area (Å²) >= 11 is 0. The van der Waals surface area contributed by atoms with Crippen LogP contribution in [0, 0.1) is 6.92 Å². The molecule has 0 aliphatic carbocycles. The molecule has 1 saturated heterocycles. The number of hydrogen-bond donors (Lipinski definition) is 1. The first-order chi connectivity index (χ1) is 13.8. The van der Waals surface area contributed by atoms with Crippen LogP contribution in [-0.2, 0) is 14.8 Å². The molecule has 29 heavy (non-hydrogen) atoms. The third kappa shape index (κ3) is 5.09.